The first-order valence-corrected chi connectivity index (χ1v) is 7.10. The highest BCUT2D eigenvalue weighted by Gasteiger charge is 2.12. The van der Waals surface area contributed by atoms with Crippen LogP contribution in [0.5, 0.6) is 11.5 Å². The summed E-state index contributed by atoms with van der Waals surface area (Å²) in [7, 11) is 1.46. The molecule has 2 aromatic rings. The van der Waals surface area contributed by atoms with Crippen LogP contribution in [0.4, 0.5) is 4.39 Å². The summed E-state index contributed by atoms with van der Waals surface area (Å²) >= 11 is 6.19. The van der Waals surface area contributed by atoms with Gasteiger partial charge in [-0.25, -0.2) is 4.39 Å². The van der Waals surface area contributed by atoms with Gasteiger partial charge in [0.25, 0.3) is 0 Å². The summed E-state index contributed by atoms with van der Waals surface area (Å²) in [6.45, 7) is 0.0131. The molecule has 0 radical (unpaired) electrons. The lowest BCUT2D eigenvalue weighted by Gasteiger charge is -2.13. The Bertz CT molecular complexity index is 747. The van der Waals surface area contributed by atoms with E-state index >= 15 is 0 Å². The topological polar surface area (TPSA) is 61.5 Å². The quantitative estimate of drug-likeness (QED) is 0.821. The van der Waals surface area contributed by atoms with E-state index in [1.807, 2.05) is 0 Å². The van der Waals surface area contributed by atoms with Gasteiger partial charge in [0.1, 0.15) is 12.4 Å². The van der Waals surface area contributed by atoms with Crippen LogP contribution < -0.4 is 15.2 Å². The molecule has 0 atom stereocenters. The molecular formula is C17H15ClFNO3. The molecule has 0 aromatic heterocycles. The monoisotopic (exact) mass is 335 g/mol. The van der Waals surface area contributed by atoms with Gasteiger partial charge >= 0.3 is 0 Å². The van der Waals surface area contributed by atoms with E-state index < -0.39 is 5.91 Å². The van der Waals surface area contributed by atoms with E-state index in [1.54, 1.807) is 30.3 Å². The molecule has 4 nitrogen and oxygen atoms in total. The van der Waals surface area contributed by atoms with Gasteiger partial charge in [0, 0.05) is 11.6 Å². The lowest BCUT2D eigenvalue weighted by Crippen LogP contribution is -2.05. The number of primary amides is 1. The standard InChI is InChI=1S/C17H15ClFNO3/c1-22-15-9-11(6-7-16(20)21)8-13(18)17(15)23-10-12-4-2-3-5-14(12)19/h2-9H,10H2,1H3,(H2,20,21)/b7-6+. The van der Waals surface area contributed by atoms with Crippen molar-refractivity contribution in [2.75, 3.05) is 7.11 Å². The third kappa shape index (κ3) is 4.47. The van der Waals surface area contributed by atoms with Crippen molar-refractivity contribution in [1.29, 1.82) is 0 Å². The smallest absolute Gasteiger partial charge is 0.241 e. The van der Waals surface area contributed by atoms with Crippen LogP contribution in [-0.4, -0.2) is 13.0 Å². The molecule has 0 aliphatic carbocycles. The SMILES string of the molecule is COc1cc(/C=C/C(N)=O)cc(Cl)c1OCc1ccccc1F. The number of rotatable bonds is 6. The highest BCUT2D eigenvalue weighted by molar-refractivity contribution is 6.32. The van der Waals surface area contributed by atoms with Gasteiger partial charge in [0.2, 0.25) is 5.91 Å². The number of carbonyl (C=O) groups excluding carboxylic acids is 1. The average molecular weight is 336 g/mol. The number of hydrogen-bond donors (Lipinski definition) is 1. The minimum absolute atomic E-state index is 0.0131. The molecule has 0 unspecified atom stereocenters. The van der Waals surface area contributed by atoms with Crippen molar-refractivity contribution in [2.24, 2.45) is 5.73 Å². The molecule has 0 spiro atoms. The predicted octanol–water partition coefficient (Wildman–Crippen LogP) is 3.57. The van der Waals surface area contributed by atoms with Gasteiger partial charge in [0.05, 0.1) is 12.1 Å². The summed E-state index contributed by atoms with van der Waals surface area (Å²) in [6.07, 6.45) is 2.72. The molecule has 0 aliphatic rings. The molecule has 6 heteroatoms. The number of nitrogens with two attached hydrogens (primary N) is 1. The van der Waals surface area contributed by atoms with Gasteiger partial charge < -0.3 is 15.2 Å². The maximum Gasteiger partial charge on any atom is 0.241 e. The average Bonchev–Trinajstić information content (AvgIpc) is 2.52. The van der Waals surface area contributed by atoms with Crippen LogP contribution in [0.25, 0.3) is 6.08 Å². The van der Waals surface area contributed by atoms with E-state index in [0.717, 1.165) is 0 Å². The number of benzene rings is 2. The molecule has 120 valence electrons. The van der Waals surface area contributed by atoms with Gasteiger partial charge in [-0.05, 0) is 29.8 Å². The Morgan fingerprint density at radius 2 is 2.09 bits per heavy atom. The van der Waals surface area contributed by atoms with Crippen LogP contribution in [0.15, 0.2) is 42.5 Å². The van der Waals surface area contributed by atoms with Crippen molar-refractivity contribution in [1.82, 2.24) is 0 Å². The Labute approximate surface area is 138 Å². The van der Waals surface area contributed by atoms with Crippen molar-refractivity contribution < 1.29 is 18.7 Å². The lowest BCUT2D eigenvalue weighted by atomic mass is 10.1. The van der Waals surface area contributed by atoms with Crippen molar-refractivity contribution >= 4 is 23.6 Å². The normalized spacial score (nSPS) is 10.7. The summed E-state index contributed by atoms with van der Waals surface area (Å²) in [5.74, 6) is -0.254. The van der Waals surface area contributed by atoms with E-state index in [9.17, 15) is 9.18 Å². The number of carbonyl (C=O) groups is 1. The van der Waals surface area contributed by atoms with Crippen LogP contribution in [-0.2, 0) is 11.4 Å². The molecule has 1 amide bonds. The Morgan fingerprint density at radius 3 is 2.74 bits per heavy atom. The zero-order chi connectivity index (χ0) is 16.8. The van der Waals surface area contributed by atoms with Crippen molar-refractivity contribution in [3.8, 4) is 11.5 Å². The van der Waals surface area contributed by atoms with Gasteiger partial charge in [-0.15, -0.1) is 0 Å². The number of methoxy groups -OCH3 is 1. The van der Waals surface area contributed by atoms with Crippen molar-refractivity contribution in [2.45, 2.75) is 6.61 Å². The largest absolute Gasteiger partial charge is 0.493 e. The maximum absolute atomic E-state index is 13.6. The first kappa shape index (κ1) is 16.8. The second-order valence-electron chi connectivity index (χ2n) is 4.65. The highest BCUT2D eigenvalue weighted by Crippen LogP contribution is 2.37. The van der Waals surface area contributed by atoms with Gasteiger partial charge in [0.15, 0.2) is 11.5 Å². The Morgan fingerprint density at radius 1 is 1.35 bits per heavy atom. The van der Waals surface area contributed by atoms with E-state index in [1.165, 1.54) is 25.3 Å². The minimum atomic E-state index is -0.569. The van der Waals surface area contributed by atoms with Gasteiger partial charge in [-0.3, -0.25) is 4.79 Å². The maximum atomic E-state index is 13.6. The lowest BCUT2D eigenvalue weighted by molar-refractivity contribution is -0.113. The zero-order valence-electron chi connectivity index (χ0n) is 12.4. The number of amides is 1. The molecule has 0 saturated heterocycles. The molecule has 2 N–H and O–H groups in total. The van der Waals surface area contributed by atoms with Crippen molar-refractivity contribution in [3.63, 3.8) is 0 Å². The van der Waals surface area contributed by atoms with Crippen LogP contribution >= 0.6 is 11.6 Å². The Balaban J connectivity index is 2.24. The summed E-state index contributed by atoms with van der Waals surface area (Å²) in [6, 6.07) is 9.54. The summed E-state index contributed by atoms with van der Waals surface area (Å²) in [4.78, 5) is 10.8. The molecule has 2 rings (SSSR count). The molecule has 0 saturated carbocycles. The zero-order valence-corrected chi connectivity index (χ0v) is 13.1. The van der Waals surface area contributed by atoms with E-state index in [0.29, 0.717) is 22.6 Å². The number of hydrogen-bond acceptors (Lipinski definition) is 3. The van der Waals surface area contributed by atoms with E-state index in [-0.39, 0.29) is 17.4 Å². The highest BCUT2D eigenvalue weighted by atomic mass is 35.5. The summed E-state index contributed by atoms with van der Waals surface area (Å²) in [5, 5.41) is 0.282. The molecule has 0 aliphatic heterocycles. The Hall–Kier alpha value is -2.53. The van der Waals surface area contributed by atoms with Gasteiger partial charge in [-0.1, -0.05) is 29.8 Å². The molecule has 23 heavy (non-hydrogen) atoms. The second kappa shape index (κ2) is 7.65. The van der Waals surface area contributed by atoms with Crippen molar-refractivity contribution in [3.05, 3.63) is 64.4 Å². The van der Waals surface area contributed by atoms with Gasteiger partial charge in [-0.2, -0.15) is 0 Å². The van der Waals surface area contributed by atoms with Crippen LogP contribution in [0, 0.1) is 5.82 Å². The fourth-order valence-electron chi connectivity index (χ4n) is 1.92. The fourth-order valence-corrected chi connectivity index (χ4v) is 2.19. The third-order valence-corrected chi connectivity index (χ3v) is 3.30. The minimum Gasteiger partial charge on any atom is -0.493 e. The molecule has 0 fully saturated rings. The number of ether oxygens (including phenoxy) is 2. The third-order valence-electron chi connectivity index (χ3n) is 3.02. The van der Waals surface area contributed by atoms with E-state index in [4.69, 9.17) is 26.8 Å². The first-order valence-electron chi connectivity index (χ1n) is 6.72. The molecule has 0 bridgehead atoms. The Kier molecular flexibility index (Phi) is 5.60. The first-order chi connectivity index (χ1) is 11.0. The van der Waals surface area contributed by atoms with Crippen LogP contribution in [0.1, 0.15) is 11.1 Å². The van der Waals surface area contributed by atoms with E-state index in [2.05, 4.69) is 0 Å². The predicted molar refractivity (Wildman–Crippen MR) is 87.0 cm³/mol. The summed E-state index contributed by atoms with van der Waals surface area (Å²) in [5.41, 5.74) is 6.09. The van der Waals surface area contributed by atoms with Crippen LogP contribution in [0.3, 0.4) is 0 Å². The molecular weight excluding hydrogens is 321 g/mol. The van der Waals surface area contributed by atoms with Crippen LogP contribution in [0.2, 0.25) is 5.02 Å². The second-order valence-corrected chi connectivity index (χ2v) is 5.06. The fraction of sp³-hybridized carbons (Fsp3) is 0.118. The number of halogens is 2. The summed E-state index contributed by atoms with van der Waals surface area (Å²) < 4.78 is 24.5. The molecule has 0 heterocycles. The molecule has 2 aromatic carbocycles.